The second kappa shape index (κ2) is 7.41. The largest absolute Gasteiger partial charge is 0.481 e. The van der Waals surface area contributed by atoms with E-state index in [1.807, 2.05) is 0 Å². The Labute approximate surface area is 116 Å². The van der Waals surface area contributed by atoms with Crippen LogP contribution < -0.4 is 5.32 Å². The molecule has 0 aromatic heterocycles. The molecule has 17 heavy (non-hydrogen) atoms. The van der Waals surface area contributed by atoms with Crippen molar-refractivity contribution in [2.75, 3.05) is 19.6 Å². The number of carboxylic acids is 1. The lowest BCUT2D eigenvalue weighted by molar-refractivity contribution is -0.148. The summed E-state index contributed by atoms with van der Waals surface area (Å²) < 4.78 is 0. The second-order valence-corrected chi connectivity index (χ2v) is 5.28. The van der Waals surface area contributed by atoms with E-state index in [4.69, 9.17) is 5.11 Å². The smallest absolute Gasteiger partial charge is 0.310 e. The number of halogens is 2. The van der Waals surface area contributed by atoms with E-state index >= 15 is 0 Å². The van der Waals surface area contributed by atoms with Crippen molar-refractivity contribution in [1.29, 1.82) is 0 Å². The first kappa shape index (κ1) is 19.3. The van der Waals surface area contributed by atoms with Gasteiger partial charge in [-0.15, -0.1) is 24.8 Å². The third-order valence-electron chi connectivity index (χ3n) is 3.07. The van der Waals surface area contributed by atoms with Crippen LogP contribution >= 0.6 is 24.8 Å². The first-order chi connectivity index (χ1) is 6.83. The van der Waals surface area contributed by atoms with Crippen molar-refractivity contribution in [3.05, 3.63) is 0 Å². The summed E-state index contributed by atoms with van der Waals surface area (Å²) in [6, 6.07) is 0.866. The lowest BCUT2D eigenvalue weighted by Crippen LogP contribution is -2.57. The molecule has 0 radical (unpaired) electrons. The predicted octanol–water partition coefficient (Wildman–Crippen LogP) is 1.62. The fraction of sp³-hybridized carbons (Fsp3) is 0.909. The molecular weight excluding hydrogens is 263 g/mol. The van der Waals surface area contributed by atoms with Crippen molar-refractivity contribution in [3.63, 3.8) is 0 Å². The van der Waals surface area contributed by atoms with E-state index in [2.05, 4.69) is 24.1 Å². The maximum atomic E-state index is 11.0. The van der Waals surface area contributed by atoms with Gasteiger partial charge in [-0.3, -0.25) is 9.69 Å². The summed E-state index contributed by atoms with van der Waals surface area (Å²) in [6.45, 7) is 10.3. The number of nitrogens with one attached hydrogen (secondary N) is 1. The van der Waals surface area contributed by atoms with E-state index in [0.717, 1.165) is 13.1 Å². The van der Waals surface area contributed by atoms with Gasteiger partial charge in [-0.05, 0) is 27.7 Å². The summed E-state index contributed by atoms with van der Waals surface area (Å²) in [5.41, 5.74) is -0.661. The maximum absolute atomic E-state index is 11.0. The number of hydrogen-bond donors (Lipinski definition) is 2. The van der Waals surface area contributed by atoms with E-state index in [0.29, 0.717) is 18.6 Å². The predicted molar refractivity (Wildman–Crippen MR) is 74.4 cm³/mol. The van der Waals surface area contributed by atoms with E-state index in [-0.39, 0.29) is 24.8 Å². The van der Waals surface area contributed by atoms with Gasteiger partial charge in [0.2, 0.25) is 0 Å². The van der Waals surface area contributed by atoms with E-state index in [9.17, 15) is 4.79 Å². The summed E-state index contributed by atoms with van der Waals surface area (Å²) in [7, 11) is 0. The van der Waals surface area contributed by atoms with Gasteiger partial charge in [0.25, 0.3) is 0 Å². The number of carboxylic acid groups (broad SMARTS) is 1. The molecule has 6 heteroatoms. The van der Waals surface area contributed by atoms with Gasteiger partial charge in [-0.1, -0.05) is 0 Å². The average Bonchev–Trinajstić information content (AvgIpc) is 2.10. The monoisotopic (exact) mass is 286 g/mol. The minimum atomic E-state index is -0.721. The van der Waals surface area contributed by atoms with E-state index in [1.54, 1.807) is 13.8 Å². The quantitative estimate of drug-likeness (QED) is 0.828. The Bertz CT molecular complexity index is 250. The second-order valence-electron chi connectivity index (χ2n) is 5.28. The molecule has 0 amide bonds. The van der Waals surface area contributed by atoms with Crippen LogP contribution in [0.4, 0.5) is 0 Å². The lowest BCUT2D eigenvalue weighted by Gasteiger charge is -2.40. The van der Waals surface area contributed by atoms with Gasteiger partial charge >= 0.3 is 5.97 Å². The molecule has 0 saturated carbocycles. The zero-order valence-electron chi connectivity index (χ0n) is 10.9. The Morgan fingerprint density at radius 3 is 2.41 bits per heavy atom. The minimum Gasteiger partial charge on any atom is -0.481 e. The van der Waals surface area contributed by atoms with Crippen molar-refractivity contribution in [1.82, 2.24) is 10.2 Å². The van der Waals surface area contributed by atoms with Crippen molar-refractivity contribution < 1.29 is 9.90 Å². The summed E-state index contributed by atoms with van der Waals surface area (Å²) in [5.74, 6) is -0.721. The molecule has 0 aromatic carbocycles. The normalized spacial score (nSPS) is 25.6. The molecule has 1 aliphatic rings. The number of nitrogens with zero attached hydrogens (tertiary/aromatic N) is 1. The van der Waals surface area contributed by atoms with Crippen molar-refractivity contribution in [2.45, 2.75) is 39.8 Å². The van der Waals surface area contributed by atoms with Crippen LogP contribution in [0.2, 0.25) is 0 Å². The molecule has 0 bridgehead atoms. The Morgan fingerprint density at radius 1 is 1.41 bits per heavy atom. The number of carbonyl (C=O) groups is 1. The van der Waals surface area contributed by atoms with Crippen molar-refractivity contribution >= 4 is 30.8 Å². The van der Waals surface area contributed by atoms with E-state index in [1.165, 1.54) is 0 Å². The average molecular weight is 287 g/mol. The molecule has 1 aliphatic heterocycles. The molecule has 2 N–H and O–H groups in total. The molecule has 1 rings (SSSR count). The van der Waals surface area contributed by atoms with Gasteiger partial charge in [0.1, 0.15) is 0 Å². The van der Waals surface area contributed by atoms with Crippen LogP contribution in [0.25, 0.3) is 0 Å². The Balaban J connectivity index is 0. The fourth-order valence-electron chi connectivity index (χ4n) is 1.89. The summed E-state index contributed by atoms with van der Waals surface area (Å²) in [5, 5.41) is 12.5. The van der Waals surface area contributed by atoms with Crippen LogP contribution in [0.5, 0.6) is 0 Å². The third kappa shape index (κ3) is 5.42. The molecule has 2 atom stereocenters. The van der Waals surface area contributed by atoms with Crippen LogP contribution in [0.15, 0.2) is 0 Å². The maximum Gasteiger partial charge on any atom is 0.310 e. The first-order valence-electron chi connectivity index (χ1n) is 5.54. The number of hydrogen-bond acceptors (Lipinski definition) is 3. The molecule has 0 aliphatic carbocycles. The van der Waals surface area contributed by atoms with Gasteiger partial charge in [0.15, 0.2) is 0 Å². The van der Waals surface area contributed by atoms with Crippen molar-refractivity contribution in [3.8, 4) is 0 Å². The topological polar surface area (TPSA) is 52.6 Å². The molecule has 0 aromatic rings. The molecule has 104 valence electrons. The highest BCUT2D eigenvalue weighted by Crippen LogP contribution is 2.20. The van der Waals surface area contributed by atoms with Gasteiger partial charge < -0.3 is 10.4 Å². The third-order valence-corrected chi connectivity index (χ3v) is 3.07. The Hall–Kier alpha value is -0.0300. The lowest BCUT2D eigenvalue weighted by atomic mass is 9.92. The Morgan fingerprint density at radius 2 is 1.94 bits per heavy atom. The molecule has 0 spiro atoms. The highest BCUT2D eigenvalue weighted by atomic mass is 35.5. The standard InChI is InChI=1S/C11H22N2O2.2ClH/c1-8-6-13(9(2)5-12-8)7-11(3,4)10(14)15;;/h8-9,12H,5-7H2,1-4H3,(H,14,15);2*1H/t8-,9+;;/m0../s1. The van der Waals surface area contributed by atoms with Crippen LogP contribution in [0, 0.1) is 5.41 Å². The number of aliphatic carboxylic acids is 1. The summed E-state index contributed by atoms with van der Waals surface area (Å²) >= 11 is 0. The molecule has 1 fully saturated rings. The van der Waals surface area contributed by atoms with Crippen molar-refractivity contribution in [2.24, 2.45) is 5.41 Å². The highest BCUT2D eigenvalue weighted by Gasteiger charge is 2.33. The zero-order valence-corrected chi connectivity index (χ0v) is 12.5. The molecule has 0 unspecified atom stereocenters. The van der Waals surface area contributed by atoms with Crippen LogP contribution in [0.3, 0.4) is 0 Å². The van der Waals surface area contributed by atoms with Gasteiger partial charge in [-0.25, -0.2) is 0 Å². The van der Waals surface area contributed by atoms with Crippen LogP contribution in [0.1, 0.15) is 27.7 Å². The Kier molecular flexibility index (Phi) is 8.42. The summed E-state index contributed by atoms with van der Waals surface area (Å²) in [4.78, 5) is 13.3. The van der Waals surface area contributed by atoms with E-state index < -0.39 is 11.4 Å². The molecule has 4 nitrogen and oxygen atoms in total. The molecule has 1 heterocycles. The fourth-order valence-corrected chi connectivity index (χ4v) is 1.89. The highest BCUT2D eigenvalue weighted by molar-refractivity contribution is 5.85. The summed E-state index contributed by atoms with van der Waals surface area (Å²) in [6.07, 6.45) is 0. The SMILES string of the molecule is C[C@@H]1CN[C@@H](C)CN1CC(C)(C)C(=O)O.Cl.Cl. The van der Waals surface area contributed by atoms with Gasteiger partial charge in [0.05, 0.1) is 5.41 Å². The van der Waals surface area contributed by atoms with Crippen LogP contribution in [-0.2, 0) is 4.79 Å². The number of rotatable bonds is 3. The number of piperazine rings is 1. The van der Waals surface area contributed by atoms with Gasteiger partial charge in [-0.2, -0.15) is 0 Å². The van der Waals surface area contributed by atoms with Gasteiger partial charge in [0, 0.05) is 31.7 Å². The molecule has 1 saturated heterocycles. The van der Waals surface area contributed by atoms with Crippen LogP contribution in [-0.4, -0.2) is 47.7 Å². The first-order valence-corrected chi connectivity index (χ1v) is 5.54. The zero-order chi connectivity index (χ0) is 11.6. The molecular formula is C11H24Cl2N2O2. The minimum absolute atomic E-state index is 0.